The molecule has 0 bridgehead atoms. The smallest absolute Gasteiger partial charge is 0.254 e. The number of benzene rings is 2. The van der Waals surface area contributed by atoms with Gasteiger partial charge in [-0.05, 0) is 73.9 Å². The molecule has 208 valence electrons. The van der Waals surface area contributed by atoms with Gasteiger partial charge in [-0.2, -0.15) is 14.6 Å². The van der Waals surface area contributed by atoms with Crippen molar-refractivity contribution in [3.8, 4) is 11.9 Å². The van der Waals surface area contributed by atoms with Gasteiger partial charge in [0.15, 0.2) is 0 Å². The van der Waals surface area contributed by atoms with E-state index in [9.17, 15) is 14.4 Å². The number of halogens is 2. The third-order valence-corrected chi connectivity index (χ3v) is 7.57. The lowest BCUT2D eigenvalue weighted by Crippen LogP contribution is -2.33. The molecule has 1 aliphatic heterocycles. The Kier molecular flexibility index (Phi) is 9.09. The first kappa shape index (κ1) is 27.8. The maximum Gasteiger partial charge on any atom is 0.254 e. The highest BCUT2D eigenvalue weighted by Crippen LogP contribution is 2.31. The average Bonchev–Trinajstić information content (AvgIpc) is 2.92. The van der Waals surface area contributed by atoms with Crippen molar-refractivity contribution in [2.24, 2.45) is 5.92 Å². The number of rotatable bonds is 10. The lowest BCUT2D eigenvalue weighted by molar-refractivity contribution is -0.117. The van der Waals surface area contributed by atoms with E-state index in [1.165, 1.54) is 0 Å². The highest BCUT2D eigenvalue weighted by atomic mass is 35.5. The molecule has 1 amide bonds. The zero-order valence-electron chi connectivity index (χ0n) is 22.0. The predicted molar refractivity (Wildman–Crippen MR) is 150 cm³/mol. The number of aromatic nitrogens is 2. The van der Waals surface area contributed by atoms with E-state index in [4.69, 9.17) is 21.1 Å². The molecule has 2 aromatic carbocycles. The molecule has 2 N–H and O–H groups in total. The van der Waals surface area contributed by atoms with Gasteiger partial charge in [-0.1, -0.05) is 23.7 Å². The van der Waals surface area contributed by atoms with E-state index in [1.807, 2.05) is 18.2 Å². The lowest BCUT2D eigenvalue weighted by Gasteiger charge is -2.29. The summed E-state index contributed by atoms with van der Waals surface area (Å²) in [6.45, 7) is 1.42. The van der Waals surface area contributed by atoms with Crippen LogP contribution >= 0.6 is 11.6 Å². The van der Waals surface area contributed by atoms with Crippen LogP contribution in [0.4, 0.5) is 15.8 Å². The van der Waals surface area contributed by atoms with E-state index >= 15 is 0 Å². The van der Waals surface area contributed by atoms with Crippen LogP contribution < -0.4 is 15.4 Å². The fraction of sp³-hybridized carbons (Fsp3) is 0.400. The predicted octanol–water partition coefficient (Wildman–Crippen LogP) is 5.90. The summed E-state index contributed by atoms with van der Waals surface area (Å²) in [4.78, 5) is 21.3. The lowest BCUT2D eigenvalue weighted by atomic mass is 9.85. The van der Waals surface area contributed by atoms with Crippen LogP contribution in [0.2, 0.25) is 5.02 Å². The van der Waals surface area contributed by atoms with Crippen molar-refractivity contribution in [3.05, 3.63) is 76.5 Å². The van der Waals surface area contributed by atoms with Gasteiger partial charge in [-0.25, -0.2) is 4.98 Å². The molecule has 1 atom stereocenters. The van der Waals surface area contributed by atoms with Crippen LogP contribution in [-0.4, -0.2) is 41.2 Å². The summed E-state index contributed by atoms with van der Waals surface area (Å²) in [6.07, 6.45) is 5.92. The summed E-state index contributed by atoms with van der Waals surface area (Å²) < 4.78 is 25.8. The summed E-state index contributed by atoms with van der Waals surface area (Å²) in [7, 11) is 0. The van der Waals surface area contributed by atoms with E-state index in [0.717, 1.165) is 43.3 Å². The molecule has 0 radical (unpaired) electrons. The summed E-state index contributed by atoms with van der Waals surface area (Å²) in [6, 6.07) is 14.7. The number of nitrogens with one attached hydrogen (secondary N) is 2. The van der Waals surface area contributed by atoms with E-state index < -0.39 is 5.82 Å². The van der Waals surface area contributed by atoms with Gasteiger partial charge in [-0.3, -0.25) is 4.79 Å². The van der Waals surface area contributed by atoms with Crippen LogP contribution in [0.5, 0.6) is 5.88 Å². The molecule has 0 spiro atoms. The molecular formula is C30H31ClFN5O3. The number of carbonyl (C=O) groups is 1. The normalized spacial score (nSPS) is 20.2. The maximum absolute atomic E-state index is 14.4. The minimum atomic E-state index is -0.589. The van der Waals surface area contributed by atoms with Gasteiger partial charge in [0, 0.05) is 31.0 Å². The van der Waals surface area contributed by atoms with Crippen molar-refractivity contribution in [2.75, 3.05) is 23.8 Å². The Morgan fingerprint density at radius 3 is 2.60 bits per heavy atom. The van der Waals surface area contributed by atoms with Crippen LogP contribution in [0.3, 0.4) is 0 Å². The molecule has 1 aliphatic carbocycles. The molecule has 0 unspecified atom stereocenters. The van der Waals surface area contributed by atoms with Crippen molar-refractivity contribution < 1.29 is 18.7 Å². The number of hydrogen-bond donors (Lipinski definition) is 2. The van der Waals surface area contributed by atoms with Crippen LogP contribution in [-0.2, 0) is 16.0 Å². The third kappa shape index (κ3) is 7.46. The second-order valence-corrected chi connectivity index (χ2v) is 10.7. The Hall–Kier alpha value is -3.74. The molecule has 1 saturated carbocycles. The Balaban J connectivity index is 1.12. The van der Waals surface area contributed by atoms with Crippen molar-refractivity contribution in [3.63, 3.8) is 0 Å². The molecule has 3 aromatic rings. The molecule has 1 saturated heterocycles. The molecular weight excluding hydrogens is 533 g/mol. The van der Waals surface area contributed by atoms with Crippen LogP contribution in [0, 0.1) is 23.1 Å². The molecule has 40 heavy (non-hydrogen) atoms. The van der Waals surface area contributed by atoms with Gasteiger partial charge in [0.2, 0.25) is 11.7 Å². The van der Waals surface area contributed by atoms with Crippen molar-refractivity contribution >= 4 is 28.9 Å². The number of anilines is 2. The molecule has 2 aliphatic rings. The van der Waals surface area contributed by atoms with Gasteiger partial charge in [-0.15, -0.1) is 0 Å². The fourth-order valence-electron chi connectivity index (χ4n) is 4.95. The molecule has 10 heteroatoms. The molecule has 1 aromatic heterocycles. The Bertz CT molecular complexity index is 1370. The van der Waals surface area contributed by atoms with Gasteiger partial charge < -0.3 is 20.1 Å². The van der Waals surface area contributed by atoms with Crippen molar-refractivity contribution in [2.45, 2.75) is 57.2 Å². The minimum absolute atomic E-state index is 0.0372. The number of nitriles is 1. The SMILES string of the molecule is N#Cc1ccc(NC[C@@H]2CCO2)c(NC(=O)CC2CCC(Oc3nc(Cc4ccc(Cl)cc4)ncc3F)CC2)c1. The summed E-state index contributed by atoms with van der Waals surface area (Å²) in [5.74, 6) is -0.0664. The van der Waals surface area contributed by atoms with Gasteiger partial charge in [0.05, 0.1) is 35.3 Å². The van der Waals surface area contributed by atoms with Crippen molar-refractivity contribution in [1.82, 2.24) is 9.97 Å². The first-order chi connectivity index (χ1) is 19.4. The molecule has 8 nitrogen and oxygen atoms in total. The van der Waals surface area contributed by atoms with Crippen molar-refractivity contribution in [1.29, 1.82) is 5.26 Å². The number of carbonyl (C=O) groups excluding carboxylic acids is 1. The first-order valence-electron chi connectivity index (χ1n) is 13.6. The van der Waals surface area contributed by atoms with Gasteiger partial charge in [0.1, 0.15) is 11.9 Å². The standard InChI is InChI=1S/C30H31ClFN5O3/c31-22-6-1-19(2-7-22)14-28-35-18-25(32)30(37-28)40-23-8-3-20(4-9-23)15-29(38)36-27-13-21(16-33)5-10-26(27)34-17-24-11-12-39-24/h1-2,5-7,10,13,18,20,23-24,34H,3-4,8-9,11-12,14-15,17H2,(H,36,38)/t20?,23?,24-/m0/s1. The topological polar surface area (TPSA) is 109 Å². The summed E-state index contributed by atoms with van der Waals surface area (Å²) in [5.41, 5.74) is 2.80. The molecule has 2 fully saturated rings. The number of hydrogen-bond acceptors (Lipinski definition) is 7. The van der Waals surface area contributed by atoms with E-state index in [1.54, 1.807) is 24.3 Å². The first-order valence-corrected chi connectivity index (χ1v) is 13.9. The largest absolute Gasteiger partial charge is 0.472 e. The zero-order chi connectivity index (χ0) is 27.9. The fourth-order valence-corrected chi connectivity index (χ4v) is 5.08. The monoisotopic (exact) mass is 563 g/mol. The van der Waals surface area contributed by atoms with Gasteiger partial charge in [0.25, 0.3) is 5.88 Å². The van der Waals surface area contributed by atoms with Crippen LogP contribution in [0.25, 0.3) is 0 Å². The Morgan fingerprint density at radius 2 is 1.90 bits per heavy atom. The summed E-state index contributed by atoms with van der Waals surface area (Å²) in [5, 5.41) is 16.2. The zero-order valence-corrected chi connectivity index (χ0v) is 22.8. The number of nitrogens with zero attached hydrogens (tertiary/aromatic N) is 3. The van der Waals surface area contributed by atoms with Crippen LogP contribution in [0.1, 0.15) is 55.5 Å². The van der Waals surface area contributed by atoms with Gasteiger partial charge >= 0.3 is 0 Å². The Morgan fingerprint density at radius 1 is 1.12 bits per heavy atom. The van der Waals surface area contributed by atoms with E-state index in [0.29, 0.717) is 54.3 Å². The number of amides is 1. The highest BCUT2D eigenvalue weighted by molar-refractivity contribution is 6.30. The average molecular weight is 564 g/mol. The Labute approximate surface area is 237 Å². The molecule has 5 rings (SSSR count). The maximum atomic E-state index is 14.4. The number of ether oxygens (including phenoxy) is 2. The van der Waals surface area contributed by atoms with E-state index in [-0.39, 0.29) is 29.9 Å². The highest BCUT2D eigenvalue weighted by Gasteiger charge is 2.26. The quantitative estimate of drug-likeness (QED) is 0.316. The summed E-state index contributed by atoms with van der Waals surface area (Å²) >= 11 is 5.95. The molecule has 2 heterocycles. The third-order valence-electron chi connectivity index (χ3n) is 7.32. The van der Waals surface area contributed by atoms with E-state index in [2.05, 4.69) is 26.7 Å². The second-order valence-electron chi connectivity index (χ2n) is 10.3. The minimum Gasteiger partial charge on any atom is -0.472 e. The second kappa shape index (κ2) is 13.1. The van der Waals surface area contributed by atoms with Crippen LogP contribution in [0.15, 0.2) is 48.7 Å².